The highest BCUT2D eigenvalue weighted by molar-refractivity contribution is 5.41. The van der Waals surface area contributed by atoms with Gasteiger partial charge in [0.15, 0.2) is 0 Å². The molecule has 0 aliphatic carbocycles. The third kappa shape index (κ3) is 4.00. The Kier molecular flexibility index (Phi) is 5.17. The Morgan fingerprint density at radius 2 is 1.89 bits per heavy atom. The molecular formula is C15H25NO2. The minimum atomic E-state index is -0.0740. The summed E-state index contributed by atoms with van der Waals surface area (Å²) in [6.07, 6.45) is 0. The zero-order valence-electron chi connectivity index (χ0n) is 12.1. The van der Waals surface area contributed by atoms with Crippen LogP contribution in [0.15, 0.2) is 12.1 Å². The largest absolute Gasteiger partial charge is 0.496 e. The Morgan fingerprint density at radius 1 is 1.22 bits per heavy atom. The molecule has 1 aromatic carbocycles. The SMILES string of the molecule is COc1cc(C)c(CNCC(C)(C)CO)cc1C. The molecule has 1 aromatic rings. The van der Waals surface area contributed by atoms with Crippen LogP contribution in [0.3, 0.4) is 0 Å². The van der Waals surface area contributed by atoms with E-state index in [1.807, 2.05) is 13.8 Å². The van der Waals surface area contributed by atoms with Crippen LogP contribution in [-0.4, -0.2) is 25.4 Å². The van der Waals surface area contributed by atoms with Crippen molar-refractivity contribution in [2.24, 2.45) is 5.41 Å². The van der Waals surface area contributed by atoms with E-state index >= 15 is 0 Å². The standard InChI is InChI=1S/C15H25NO2/c1-11-7-14(18-5)12(2)6-13(11)8-16-9-15(3,4)10-17/h6-7,16-17H,8-10H2,1-5H3. The highest BCUT2D eigenvalue weighted by atomic mass is 16.5. The van der Waals surface area contributed by atoms with Crippen LogP contribution >= 0.6 is 0 Å². The second kappa shape index (κ2) is 6.21. The van der Waals surface area contributed by atoms with E-state index in [1.54, 1.807) is 7.11 Å². The van der Waals surface area contributed by atoms with Gasteiger partial charge >= 0.3 is 0 Å². The second-order valence-corrected chi connectivity index (χ2v) is 5.67. The Bertz CT molecular complexity index is 400. The minimum Gasteiger partial charge on any atom is -0.496 e. The van der Waals surface area contributed by atoms with Gasteiger partial charge < -0.3 is 15.2 Å². The zero-order chi connectivity index (χ0) is 13.8. The second-order valence-electron chi connectivity index (χ2n) is 5.67. The molecule has 102 valence electrons. The van der Waals surface area contributed by atoms with E-state index < -0.39 is 0 Å². The number of rotatable bonds is 6. The molecule has 0 saturated carbocycles. The van der Waals surface area contributed by atoms with Gasteiger partial charge in [-0.1, -0.05) is 19.9 Å². The first-order valence-corrected chi connectivity index (χ1v) is 6.35. The molecule has 0 amide bonds. The van der Waals surface area contributed by atoms with Gasteiger partial charge in [-0.05, 0) is 36.6 Å². The van der Waals surface area contributed by atoms with Crippen LogP contribution in [0.4, 0.5) is 0 Å². The first kappa shape index (κ1) is 15.0. The van der Waals surface area contributed by atoms with E-state index in [4.69, 9.17) is 4.74 Å². The summed E-state index contributed by atoms with van der Waals surface area (Å²) < 4.78 is 5.30. The van der Waals surface area contributed by atoms with Crippen molar-refractivity contribution in [2.75, 3.05) is 20.3 Å². The van der Waals surface area contributed by atoms with E-state index in [-0.39, 0.29) is 12.0 Å². The summed E-state index contributed by atoms with van der Waals surface area (Å²) in [5, 5.41) is 12.6. The maximum absolute atomic E-state index is 9.20. The zero-order valence-corrected chi connectivity index (χ0v) is 12.1. The van der Waals surface area contributed by atoms with Crippen molar-refractivity contribution in [3.05, 3.63) is 28.8 Å². The Labute approximate surface area is 110 Å². The third-order valence-electron chi connectivity index (χ3n) is 3.20. The van der Waals surface area contributed by atoms with Crippen LogP contribution in [0.5, 0.6) is 5.75 Å². The molecule has 0 bridgehead atoms. The molecule has 3 nitrogen and oxygen atoms in total. The number of hydrogen-bond donors (Lipinski definition) is 2. The first-order valence-electron chi connectivity index (χ1n) is 6.35. The Morgan fingerprint density at radius 3 is 2.44 bits per heavy atom. The van der Waals surface area contributed by atoms with Crippen molar-refractivity contribution in [3.8, 4) is 5.75 Å². The maximum Gasteiger partial charge on any atom is 0.122 e. The number of nitrogens with one attached hydrogen (secondary N) is 1. The summed E-state index contributed by atoms with van der Waals surface area (Å²) in [5.74, 6) is 0.937. The van der Waals surface area contributed by atoms with Gasteiger partial charge in [-0.2, -0.15) is 0 Å². The molecule has 0 atom stereocenters. The number of methoxy groups -OCH3 is 1. The molecule has 1 rings (SSSR count). The van der Waals surface area contributed by atoms with Gasteiger partial charge in [0.2, 0.25) is 0 Å². The van der Waals surface area contributed by atoms with Crippen molar-refractivity contribution >= 4 is 0 Å². The molecule has 0 unspecified atom stereocenters. The molecule has 0 radical (unpaired) electrons. The molecule has 18 heavy (non-hydrogen) atoms. The van der Waals surface area contributed by atoms with E-state index in [9.17, 15) is 5.11 Å². The quantitative estimate of drug-likeness (QED) is 0.816. The van der Waals surface area contributed by atoms with Crippen LogP contribution in [0, 0.1) is 19.3 Å². The van der Waals surface area contributed by atoms with Gasteiger partial charge in [0, 0.05) is 25.1 Å². The average molecular weight is 251 g/mol. The fourth-order valence-corrected chi connectivity index (χ4v) is 1.85. The van der Waals surface area contributed by atoms with Crippen LogP contribution in [0.2, 0.25) is 0 Å². The molecule has 0 aliphatic rings. The maximum atomic E-state index is 9.20. The molecular weight excluding hydrogens is 226 g/mol. The first-order chi connectivity index (χ1) is 8.39. The topological polar surface area (TPSA) is 41.5 Å². The average Bonchev–Trinajstić information content (AvgIpc) is 2.33. The van der Waals surface area contributed by atoms with Gasteiger partial charge in [-0.25, -0.2) is 0 Å². The molecule has 3 heteroatoms. The van der Waals surface area contributed by atoms with Gasteiger partial charge in [-0.3, -0.25) is 0 Å². The lowest BCUT2D eigenvalue weighted by molar-refractivity contribution is 0.156. The molecule has 0 fully saturated rings. The van der Waals surface area contributed by atoms with Crippen LogP contribution in [0.1, 0.15) is 30.5 Å². The number of aliphatic hydroxyl groups is 1. The number of ether oxygens (including phenoxy) is 1. The summed E-state index contributed by atoms with van der Waals surface area (Å²) in [6.45, 7) is 10.1. The van der Waals surface area contributed by atoms with Crippen molar-refractivity contribution in [2.45, 2.75) is 34.2 Å². The minimum absolute atomic E-state index is 0.0740. The van der Waals surface area contributed by atoms with Gasteiger partial charge in [0.25, 0.3) is 0 Å². The van der Waals surface area contributed by atoms with Gasteiger partial charge in [0.05, 0.1) is 7.11 Å². The van der Waals surface area contributed by atoms with E-state index in [2.05, 4.69) is 31.3 Å². The van der Waals surface area contributed by atoms with E-state index in [0.29, 0.717) is 0 Å². The predicted molar refractivity (Wildman–Crippen MR) is 75.0 cm³/mol. The number of benzene rings is 1. The van der Waals surface area contributed by atoms with Crippen LogP contribution in [-0.2, 0) is 6.54 Å². The molecule has 0 spiro atoms. The lowest BCUT2D eigenvalue weighted by Gasteiger charge is -2.22. The highest BCUT2D eigenvalue weighted by Gasteiger charge is 2.15. The summed E-state index contributed by atoms with van der Waals surface area (Å²) in [5.41, 5.74) is 3.59. The number of aliphatic hydroxyl groups excluding tert-OH is 1. The summed E-state index contributed by atoms with van der Waals surface area (Å²) in [6, 6.07) is 4.23. The molecule has 0 aliphatic heterocycles. The summed E-state index contributed by atoms with van der Waals surface area (Å²) in [4.78, 5) is 0. The number of hydrogen-bond acceptors (Lipinski definition) is 3. The van der Waals surface area contributed by atoms with Gasteiger partial charge in [0.1, 0.15) is 5.75 Å². The highest BCUT2D eigenvalue weighted by Crippen LogP contribution is 2.22. The fourth-order valence-electron chi connectivity index (χ4n) is 1.85. The normalized spacial score (nSPS) is 11.7. The predicted octanol–water partition coefficient (Wildman–Crippen LogP) is 2.42. The molecule has 2 N–H and O–H groups in total. The molecule has 0 aromatic heterocycles. The fraction of sp³-hybridized carbons (Fsp3) is 0.600. The lowest BCUT2D eigenvalue weighted by Crippen LogP contribution is -2.32. The van der Waals surface area contributed by atoms with Crippen molar-refractivity contribution in [1.82, 2.24) is 5.32 Å². The summed E-state index contributed by atoms with van der Waals surface area (Å²) >= 11 is 0. The number of aryl methyl sites for hydroxylation is 2. The van der Waals surface area contributed by atoms with E-state index in [1.165, 1.54) is 11.1 Å². The van der Waals surface area contributed by atoms with Gasteiger partial charge in [-0.15, -0.1) is 0 Å². The summed E-state index contributed by atoms with van der Waals surface area (Å²) in [7, 11) is 1.70. The smallest absolute Gasteiger partial charge is 0.122 e. The van der Waals surface area contributed by atoms with Crippen LogP contribution < -0.4 is 10.1 Å². The lowest BCUT2D eigenvalue weighted by atomic mass is 9.95. The van der Waals surface area contributed by atoms with Crippen molar-refractivity contribution in [3.63, 3.8) is 0 Å². The monoisotopic (exact) mass is 251 g/mol. The molecule has 0 saturated heterocycles. The van der Waals surface area contributed by atoms with Crippen molar-refractivity contribution in [1.29, 1.82) is 0 Å². The third-order valence-corrected chi connectivity index (χ3v) is 3.20. The van der Waals surface area contributed by atoms with E-state index in [0.717, 1.165) is 24.4 Å². The Hall–Kier alpha value is -1.06. The molecule has 0 heterocycles. The Balaban J connectivity index is 2.66. The van der Waals surface area contributed by atoms with Crippen molar-refractivity contribution < 1.29 is 9.84 Å². The van der Waals surface area contributed by atoms with Crippen LogP contribution in [0.25, 0.3) is 0 Å².